The fourth-order valence-corrected chi connectivity index (χ4v) is 9.71. The molecule has 0 unspecified atom stereocenters. The summed E-state index contributed by atoms with van der Waals surface area (Å²) in [5.41, 5.74) is 15.0. The molecule has 1 aliphatic rings. The van der Waals surface area contributed by atoms with Crippen LogP contribution in [0.2, 0.25) is 0 Å². The van der Waals surface area contributed by atoms with Crippen LogP contribution in [0.15, 0.2) is 200 Å². The van der Waals surface area contributed by atoms with Crippen LogP contribution in [0.4, 0.5) is 0 Å². The molecule has 0 spiro atoms. The zero-order valence-corrected chi connectivity index (χ0v) is 31.3. The van der Waals surface area contributed by atoms with Crippen LogP contribution >= 0.6 is 0 Å². The molecule has 4 heterocycles. The Kier molecular flexibility index (Phi) is 6.41. The largest absolute Gasteiger partial charge is 0.452 e. The van der Waals surface area contributed by atoms with Gasteiger partial charge >= 0.3 is 0 Å². The number of aromatic nitrogens is 3. The van der Waals surface area contributed by atoms with Crippen molar-refractivity contribution in [1.29, 1.82) is 0 Å². The minimum atomic E-state index is 0.881. The Balaban J connectivity index is 0.902. The predicted molar refractivity (Wildman–Crippen MR) is 240 cm³/mol. The molecule has 0 fully saturated rings. The molecule has 4 nitrogen and oxygen atoms in total. The number of nitrogens with zero attached hydrogens (tertiary/aromatic N) is 3. The van der Waals surface area contributed by atoms with E-state index in [-0.39, 0.29) is 0 Å². The molecule has 0 aliphatic carbocycles. The maximum atomic E-state index is 6.75. The molecule has 12 aromatic rings. The van der Waals surface area contributed by atoms with Gasteiger partial charge in [0, 0.05) is 49.3 Å². The van der Waals surface area contributed by atoms with Crippen LogP contribution in [0.1, 0.15) is 0 Å². The van der Waals surface area contributed by atoms with Crippen molar-refractivity contribution in [3.63, 3.8) is 0 Å². The second-order valence-corrected chi connectivity index (χ2v) is 15.3. The molecule has 0 N–H and O–H groups in total. The van der Waals surface area contributed by atoms with Gasteiger partial charge in [-0.3, -0.25) is 0 Å². The van der Waals surface area contributed by atoms with E-state index in [2.05, 4.69) is 214 Å². The first-order chi connectivity index (χ1) is 28.8. The van der Waals surface area contributed by atoms with Crippen LogP contribution in [0.3, 0.4) is 0 Å². The third-order valence-electron chi connectivity index (χ3n) is 12.2. The average Bonchev–Trinajstić information content (AvgIpc) is 3.93. The first-order valence-corrected chi connectivity index (χ1v) is 19.8. The zero-order chi connectivity index (χ0) is 37.9. The molecule has 58 heavy (non-hydrogen) atoms. The predicted octanol–water partition coefficient (Wildman–Crippen LogP) is 14.4. The molecule has 13 rings (SSSR count). The molecular weight excluding hydrogens is 707 g/mol. The summed E-state index contributed by atoms with van der Waals surface area (Å²) in [5, 5.41) is 7.45. The molecule has 4 heteroatoms. The molecule has 0 bridgehead atoms. The van der Waals surface area contributed by atoms with Crippen molar-refractivity contribution in [2.75, 3.05) is 0 Å². The monoisotopic (exact) mass is 739 g/mol. The number of rotatable bonds is 4. The smallest absolute Gasteiger partial charge is 0.159 e. The van der Waals surface area contributed by atoms with Crippen molar-refractivity contribution >= 4 is 65.4 Å². The average molecular weight is 740 g/mol. The highest BCUT2D eigenvalue weighted by Crippen LogP contribution is 2.49. The van der Waals surface area contributed by atoms with Gasteiger partial charge in [0.1, 0.15) is 0 Å². The molecule has 0 amide bonds. The van der Waals surface area contributed by atoms with E-state index in [1.807, 2.05) is 0 Å². The second-order valence-electron chi connectivity index (χ2n) is 15.3. The standard InChI is InChI=1S/C54H33N3O/c1-5-20-46-40(14-1)41-15-2-6-21-47(41)56(46)38-30-31-50-45(33-38)43-17-4-7-22-48(43)55(50)37-13-9-12-36(32-37)34-26-28-35(29-27-34)39-18-10-24-51-54(39)58-52-25-11-19-44-42-16-3-8-23-49(42)57(51)53(44)52/h1-33H. The van der Waals surface area contributed by atoms with Gasteiger partial charge in [-0.05, 0) is 83.4 Å². The van der Waals surface area contributed by atoms with E-state index < -0.39 is 0 Å². The normalized spacial score (nSPS) is 12.3. The van der Waals surface area contributed by atoms with Gasteiger partial charge in [0.2, 0.25) is 0 Å². The third-order valence-corrected chi connectivity index (χ3v) is 12.2. The van der Waals surface area contributed by atoms with Gasteiger partial charge in [-0.15, -0.1) is 0 Å². The maximum Gasteiger partial charge on any atom is 0.159 e. The quantitative estimate of drug-likeness (QED) is 0.176. The van der Waals surface area contributed by atoms with E-state index in [9.17, 15) is 0 Å². The van der Waals surface area contributed by atoms with E-state index in [1.54, 1.807) is 0 Å². The Bertz CT molecular complexity index is 3600. The summed E-state index contributed by atoms with van der Waals surface area (Å²) in [5.74, 6) is 1.77. The maximum absolute atomic E-state index is 6.75. The van der Waals surface area contributed by atoms with Crippen LogP contribution in [0.25, 0.3) is 105 Å². The van der Waals surface area contributed by atoms with Crippen LogP contribution < -0.4 is 4.74 Å². The number of benzene rings is 9. The fourth-order valence-electron chi connectivity index (χ4n) is 9.71. The summed E-state index contributed by atoms with van der Waals surface area (Å²) in [6.07, 6.45) is 0. The van der Waals surface area contributed by atoms with Gasteiger partial charge < -0.3 is 18.4 Å². The summed E-state index contributed by atoms with van der Waals surface area (Å²) in [7, 11) is 0. The Morgan fingerprint density at radius 2 is 0.828 bits per heavy atom. The first kappa shape index (κ1) is 31.4. The van der Waals surface area contributed by atoms with Crippen molar-refractivity contribution in [3.8, 4) is 50.8 Å². The molecule has 9 aromatic carbocycles. The Morgan fingerprint density at radius 3 is 1.52 bits per heavy atom. The summed E-state index contributed by atoms with van der Waals surface area (Å²) in [6.45, 7) is 0. The van der Waals surface area contributed by atoms with Crippen LogP contribution in [-0.2, 0) is 0 Å². The SMILES string of the molecule is c1cc(-c2ccc(-c3cccc4c3Oc3cccc5c6ccccc6n-4c35)cc2)cc(-n2c3ccccc3c3cc(-n4c5ccccc5c5ccccc54)ccc32)c1. The van der Waals surface area contributed by atoms with Crippen LogP contribution in [-0.4, -0.2) is 13.7 Å². The second kappa shape index (κ2) is 11.8. The number of hydrogen-bond acceptors (Lipinski definition) is 1. The molecule has 0 radical (unpaired) electrons. The summed E-state index contributed by atoms with van der Waals surface area (Å²) in [6, 6.07) is 72.4. The molecule has 0 saturated carbocycles. The topological polar surface area (TPSA) is 24.0 Å². The van der Waals surface area contributed by atoms with E-state index in [1.165, 1.54) is 65.5 Å². The highest BCUT2D eigenvalue weighted by atomic mass is 16.5. The van der Waals surface area contributed by atoms with Crippen molar-refractivity contribution in [1.82, 2.24) is 13.7 Å². The van der Waals surface area contributed by atoms with Crippen molar-refractivity contribution in [3.05, 3.63) is 200 Å². The van der Waals surface area contributed by atoms with E-state index in [0.29, 0.717) is 0 Å². The molecule has 270 valence electrons. The Hall–Kier alpha value is -7.82. The van der Waals surface area contributed by atoms with E-state index in [4.69, 9.17) is 4.74 Å². The highest BCUT2D eigenvalue weighted by Gasteiger charge is 2.26. The van der Waals surface area contributed by atoms with Gasteiger partial charge in [-0.1, -0.05) is 133 Å². The fraction of sp³-hybridized carbons (Fsp3) is 0. The minimum absolute atomic E-state index is 0.881. The lowest BCUT2D eigenvalue weighted by Crippen LogP contribution is -2.05. The van der Waals surface area contributed by atoms with Gasteiger partial charge in [-0.2, -0.15) is 0 Å². The van der Waals surface area contributed by atoms with Crippen LogP contribution in [0.5, 0.6) is 11.5 Å². The van der Waals surface area contributed by atoms with Crippen molar-refractivity contribution in [2.24, 2.45) is 0 Å². The summed E-state index contributed by atoms with van der Waals surface area (Å²) in [4.78, 5) is 0. The van der Waals surface area contributed by atoms with Gasteiger partial charge in [0.15, 0.2) is 11.5 Å². The lowest BCUT2D eigenvalue weighted by atomic mass is 9.98. The molecule has 0 atom stereocenters. The van der Waals surface area contributed by atoms with Gasteiger partial charge in [0.25, 0.3) is 0 Å². The molecule has 0 saturated heterocycles. The lowest BCUT2D eigenvalue weighted by molar-refractivity contribution is 0.478. The van der Waals surface area contributed by atoms with Crippen molar-refractivity contribution in [2.45, 2.75) is 0 Å². The minimum Gasteiger partial charge on any atom is -0.452 e. The highest BCUT2D eigenvalue weighted by molar-refractivity contribution is 6.13. The van der Waals surface area contributed by atoms with Gasteiger partial charge in [0.05, 0.1) is 38.8 Å². The van der Waals surface area contributed by atoms with Crippen molar-refractivity contribution < 1.29 is 4.74 Å². The summed E-state index contributed by atoms with van der Waals surface area (Å²) >= 11 is 0. The number of fused-ring (bicyclic) bond motifs is 11. The third kappa shape index (κ3) is 4.34. The molecular formula is C54H33N3O. The first-order valence-electron chi connectivity index (χ1n) is 19.8. The Morgan fingerprint density at radius 1 is 0.310 bits per heavy atom. The number of ether oxygens (including phenoxy) is 1. The van der Waals surface area contributed by atoms with Gasteiger partial charge in [-0.25, -0.2) is 0 Å². The molecule has 3 aromatic heterocycles. The number of para-hydroxylation sites is 6. The summed E-state index contributed by atoms with van der Waals surface area (Å²) < 4.78 is 13.9. The number of hydrogen-bond donors (Lipinski definition) is 0. The zero-order valence-electron chi connectivity index (χ0n) is 31.3. The Labute approximate surface area is 333 Å². The lowest BCUT2D eigenvalue weighted by Gasteiger charge is -2.23. The van der Waals surface area contributed by atoms with Crippen LogP contribution in [0, 0.1) is 0 Å². The van der Waals surface area contributed by atoms with E-state index in [0.717, 1.165) is 50.8 Å². The molecule has 1 aliphatic heterocycles. The van der Waals surface area contributed by atoms with E-state index >= 15 is 0 Å².